The van der Waals surface area contributed by atoms with E-state index in [2.05, 4.69) is 4.98 Å². The van der Waals surface area contributed by atoms with Crippen molar-refractivity contribution in [1.82, 2.24) is 9.38 Å². The van der Waals surface area contributed by atoms with Gasteiger partial charge in [-0.3, -0.25) is 4.40 Å². The Bertz CT molecular complexity index is 1340. The van der Waals surface area contributed by atoms with Crippen molar-refractivity contribution in [2.75, 3.05) is 0 Å². The van der Waals surface area contributed by atoms with Crippen LogP contribution >= 0.6 is 0 Å². The number of para-hydroxylation sites is 1. The molecule has 0 saturated carbocycles. The fraction of sp³-hybridized carbons (Fsp3) is 0.0455. The van der Waals surface area contributed by atoms with Crippen molar-refractivity contribution in [2.45, 2.75) is 6.42 Å². The average molecular weight is 398 g/mol. The number of imidazole rings is 1. The normalized spacial score (nSPS) is 11.8. The number of rotatable bonds is 2. The predicted octanol–water partition coefficient (Wildman–Crippen LogP) is 5.93. The third-order valence-corrected chi connectivity index (χ3v) is 5.04. The maximum Gasteiger partial charge on any atom is 0.200 e. The van der Waals surface area contributed by atoms with Crippen molar-refractivity contribution in [2.24, 2.45) is 0 Å². The highest BCUT2D eigenvalue weighted by molar-refractivity contribution is 6.11. The van der Waals surface area contributed by atoms with Gasteiger partial charge in [-0.15, -0.1) is 0 Å². The fourth-order valence-electron chi connectivity index (χ4n) is 3.70. The quantitative estimate of drug-likeness (QED) is 0.156. The Hall–Kier alpha value is -3.48. The van der Waals surface area contributed by atoms with Gasteiger partial charge in [-0.2, -0.15) is 0 Å². The summed E-state index contributed by atoms with van der Waals surface area (Å²) in [7, 11) is 0. The molecule has 0 bridgehead atoms. The summed E-state index contributed by atoms with van der Waals surface area (Å²) in [6.45, 7) is 0. The van der Waals surface area contributed by atoms with Crippen molar-refractivity contribution in [1.29, 1.82) is 0 Å². The molecule has 144 valence electrons. The molecular formula is C22H11F5N2. The van der Waals surface area contributed by atoms with Gasteiger partial charge in [-0.1, -0.05) is 42.5 Å². The Morgan fingerprint density at radius 1 is 0.655 bits per heavy atom. The Kier molecular flexibility index (Phi) is 3.81. The summed E-state index contributed by atoms with van der Waals surface area (Å²) in [4.78, 5) is 4.44. The summed E-state index contributed by atoms with van der Waals surface area (Å²) in [5.74, 6) is -9.77. The van der Waals surface area contributed by atoms with Gasteiger partial charge in [0.2, 0.25) is 5.82 Å². The zero-order valence-electron chi connectivity index (χ0n) is 14.7. The van der Waals surface area contributed by atoms with Gasteiger partial charge in [0.1, 0.15) is 5.65 Å². The van der Waals surface area contributed by atoms with Crippen LogP contribution in [0.15, 0.2) is 54.7 Å². The van der Waals surface area contributed by atoms with Crippen LogP contribution < -0.4 is 0 Å². The number of hydrogen-bond donors (Lipinski definition) is 0. The van der Waals surface area contributed by atoms with Gasteiger partial charge < -0.3 is 0 Å². The molecular weight excluding hydrogens is 387 g/mol. The lowest BCUT2D eigenvalue weighted by atomic mass is 10.1. The largest absolute Gasteiger partial charge is 0.299 e. The zero-order valence-corrected chi connectivity index (χ0v) is 14.7. The summed E-state index contributed by atoms with van der Waals surface area (Å²) in [5.41, 5.74) is 0.642. The van der Waals surface area contributed by atoms with Gasteiger partial charge in [0.05, 0.1) is 11.2 Å². The van der Waals surface area contributed by atoms with Crippen LogP contribution in [0.1, 0.15) is 11.3 Å². The molecule has 0 amide bonds. The third kappa shape index (κ3) is 2.50. The molecule has 0 radical (unpaired) electrons. The van der Waals surface area contributed by atoms with Crippen LogP contribution in [-0.4, -0.2) is 9.38 Å². The molecule has 0 aliphatic rings. The van der Waals surface area contributed by atoms with E-state index in [1.165, 1.54) is 0 Å². The lowest BCUT2D eigenvalue weighted by molar-refractivity contribution is 0.371. The highest BCUT2D eigenvalue weighted by atomic mass is 19.2. The van der Waals surface area contributed by atoms with Gasteiger partial charge in [-0.25, -0.2) is 26.9 Å². The summed E-state index contributed by atoms with van der Waals surface area (Å²) >= 11 is 0. The molecule has 0 unspecified atom stereocenters. The molecule has 29 heavy (non-hydrogen) atoms. The maximum absolute atomic E-state index is 14.1. The molecule has 2 nitrogen and oxygen atoms in total. The van der Waals surface area contributed by atoms with E-state index < -0.39 is 41.1 Å². The number of benzene rings is 3. The first-order valence-electron chi connectivity index (χ1n) is 8.75. The lowest BCUT2D eigenvalue weighted by Crippen LogP contribution is -2.07. The third-order valence-electron chi connectivity index (χ3n) is 5.04. The van der Waals surface area contributed by atoms with E-state index in [1.807, 2.05) is 48.5 Å². The highest BCUT2D eigenvalue weighted by Crippen LogP contribution is 2.30. The minimum atomic E-state index is -2.17. The lowest BCUT2D eigenvalue weighted by Gasteiger charge is -2.07. The molecule has 2 heterocycles. The summed E-state index contributed by atoms with van der Waals surface area (Å²) < 4.78 is 70.3. The smallest absolute Gasteiger partial charge is 0.200 e. The topological polar surface area (TPSA) is 17.3 Å². The molecule has 2 aromatic heterocycles. The first kappa shape index (κ1) is 17.6. The number of nitrogens with zero attached hydrogens (tertiary/aromatic N) is 2. The van der Waals surface area contributed by atoms with Crippen LogP contribution in [0.25, 0.3) is 27.3 Å². The second-order valence-electron chi connectivity index (χ2n) is 6.71. The Morgan fingerprint density at radius 3 is 1.90 bits per heavy atom. The van der Waals surface area contributed by atoms with Crippen LogP contribution in [0.4, 0.5) is 22.0 Å². The van der Waals surface area contributed by atoms with Crippen molar-refractivity contribution in [3.63, 3.8) is 0 Å². The van der Waals surface area contributed by atoms with Crippen LogP contribution in [0.5, 0.6) is 0 Å². The number of aromatic nitrogens is 2. The molecule has 7 heteroatoms. The second-order valence-corrected chi connectivity index (χ2v) is 6.71. The van der Waals surface area contributed by atoms with E-state index in [0.717, 1.165) is 21.7 Å². The first-order chi connectivity index (χ1) is 14.0. The first-order valence-corrected chi connectivity index (χ1v) is 8.75. The Balaban J connectivity index is 1.77. The van der Waals surface area contributed by atoms with E-state index >= 15 is 0 Å². The summed E-state index contributed by atoms with van der Waals surface area (Å²) in [5, 5.41) is 2.72. The monoisotopic (exact) mass is 398 g/mol. The molecule has 0 N–H and O–H groups in total. The van der Waals surface area contributed by atoms with Crippen LogP contribution in [-0.2, 0) is 6.42 Å². The van der Waals surface area contributed by atoms with Crippen molar-refractivity contribution < 1.29 is 22.0 Å². The van der Waals surface area contributed by atoms with Gasteiger partial charge in [0.15, 0.2) is 23.3 Å². The SMILES string of the molecule is Fc1c(F)c(F)c(Cc2cn3c4ccccc4c4ccccc4c3n2)c(F)c1F. The van der Waals surface area contributed by atoms with E-state index in [-0.39, 0.29) is 5.69 Å². The molecule has 0 aliphatic carbocycles. The molecule has 0 aliphatic heterocycles. The van der Waals surface area contributed by atoms with Gasteiger partial charge >= 0.3 is 0 Å². The van der Waals surface area contributed by atoms with Gasteiger partial charge in [0, 0.05) is 29.0 Å². The van der Waals surface area contributed by atoms with Crippen LogP contribution in [0, 0.1) is 29.1 Å². The summed E-state index contributed by atoms with van der Waals surface area (Å²) in [6, 6.07) is 15.1. The number of halogens is 5. The minimum absolute atomic E-state index is 0.190. The van der Waals surface area contributed by atoms with Gasteiger partial charge in [-0.05, 0) is 11.5 Å². The van der Waals surface area contributed by atoms with E-state index in [1.54, 1.807) is 10.6 Å². The Morgan fingerprint density at radius 2 is 1.21 bits per heavy atom. The maximum atomic E-state index is 14.1. The van der Waals surface area contributed by atoms with Crippen LogP contribution in [0.2, 0.25) is 0 Å². The number of hydrogen-bond acceptors (Lipinski definition) is 1. The second kappa shape index (κ2) is 6.27. The van der Waals surface area contributed by atoms with Crippen molar-refractivity contribution >= 4 is 27.3 Å². The average Bonchev–Trinajstić information content (AvgIpc) is 3.18. The van der Waals surface area contributed by atoms with E-state index in [4.69, 9.17) is 0 Å². The van der Waals surface area contributed by atoms with Crippen LogP contribution in [0.3, 0.4) is 0 Å². The molecule has 3 aromatic carbocycles. The van der Waals surface area contributed by atoms with E-state index in [0.29, 0.717) is 5.65 Å². The Labute approximate surface area is 160 Å². The molecule has 0 atom stereocenters. The van der Waals surface area contributed by atoms with Crippen molar-refractivity contribution in [3.8, 4) is 0 Å². The van der Waals surface area contributed by atoms with Gasteiger partial charge in [0.25, 0.3) is 0 Å². The van der Waals surface area contributed by atoms with Crippen molar-refractivity contribution in [3.05, 3.63) is 95.1 Å². The predicted molar refractivity (Wildman–Crippen MR) is 99.2 cm³/mol. The summed E-state index contributed by atoms with van der Waals surface area (Å²) in [6.07, 6.45) is 1.03. The minimum Gasteiger partial charge on any atom is -0.299 e. The molecule has 5 rings (SSSR count). The highest BCUT2D eigenvalue weighted by Gasteiger charge is 2.26. The number of fused-ring (bicyclic) bond motifs is 6. The number of pyridine rings is 1. The zero-order chi connectivity index (χ0) is 20.3. The standard InChI is InChI=1S/C22H11F5N2/c23-17-15(18(24)20(26)21(27)19(17)25)9-11-10-29-16-8-4-3-6-13(16)12-5-1-2-7-14(12)22(29)28-11/h1-8,10H,9H2. The molecule has 0 saturated heterocycles. The molecule has 0 spiro atoms. The van der Waals surface area contributed by atoms with E-state index in [9.17, 15) is 22.0 Å². The molecule has 0 fully saturated rings. The fourth-order valence-corrected chi connectivity index (χ4v) is 3.70. The molecule has 5 aromatic rings.